The van der Waals surface area contributed by atoms with Gasteiger partial charge in [0.1, 0.15) is 5.54 Å². The first-order chi connectivity index (χ1) is 9.05. The summed E-state index contributed by atoms with van der Waals surface area (Å²) < 4.78 is 10.5. The highest BCUT2D eigenvalue weighted by atomic mass is 16.5. The molecule has 19 heavy (non-hydrogen) atoms. The summed E-state index contributed by atoms with van der Waals surface area (Å²) in [7, 11) is 3.58. The normalized spacial score (nSPS) is 23.3. The molecule has 1 saturated heterocycles. The Balaban J connectivity index is 2.31. The van der Waals surface area contributed by atoms with Gasteiger partial charge < -0.3 is 19.7 Å². The lowest BCUT2D eigenvalue weighted by atomic mass is 9.96. The summed E-state index contributed by atoms with van der Waals surface area (Å²) in [6.07, 6.45) is 3.25. The first-order valence-electron chi connectivity index (χ1n) is 7.17. The summed E-state index contributed by atoms with van der Waals surface area (Å²) >= 11 is 0. The molecule has 5 heteroatoms. The van der Waals surface area contributed by atoms with Crippen LogP contribution in [0.4, 0.5) is 0 Å². The molecular weight excluding hydrogens is 244 g/mol. The van der Waals surface area contributed by atoms with E-state index in [-0.39, 0.29) is 5.97 Å². The van der Waals surface area contributed by atoms with E-state index < -0.39 is 5.54 Å². The molecule has 1 fully saturated rings. The topological polar surface area (TPSA) is 50.8 Å². The standard InChI is InChI=1S/C14H28N2O3/c1-5-19-13(17)14(2,15-3)8-6-9-16-10-7-12(11-16)18-4/h12,15H,5-11H2,1-4H3. The maximum absolute atomic E-state index is 11.9. The summed E-state index contributed by atoms with van der Waals surface area (Å²) in [5, 5.41) is 3.09. The summed E-state index contributed by atoms with van der Waals surface area (Å²) in [6.45, 7) is 7.28. The average Bonchev–Trinajstić information content (AvgIpc) is 2.86. The molecule has 2 atom stereocenters. The lowest BCUT2D eigenvalue weighted by Crippen LogP contribution is -2.49. The van der Waals surface area contributed by atoms with Gasteiger partial charge in [0.2, 0.25) is 0 Å². The van der Waals surface area contributed by atoms with Crippen molar-refractivity contribution >= 4 is 5.97 Å². The molecule has 0 saturated carbocycles. The zero-order chi connectivity index (χ0) is 14.3. The first-order valence-corrected chi connectivity index (χ1v) is 7.17. The van der Waals surface area contributed by atoms with Gasteiger partial charge in [0.05, 0.1) is 12.7 Å². The molecule has 1 heterocycles. The van der Waals surface area contributed by atoms with Crippen LogP contribution in [0.15, 0.2) is 0 Å². The number of nitrogens with one attached hydrogen (secondary N) is 1. The number of methoxy groups -OCH3 is 1. The van der Waals surface area contributed by atoms with Gasteiger partial charge in [0, 0.05) is 20.2 Å². The Morgan fingerprint density at radius 2 is 2.26 bits per heavy atom. The number of hydrogen-bond acceptors (Lipinski definition) is 5. The predicted molar refractivity (Wildman–Crippen MR) is 75.2 cm³/mol. The Labute approximate surface area is 116 Å². The van der Waals surface area contributed by atoms with Crippen LogP contribution in [0.25, 0.3) is 0 Å². The SMILES string of the molecule is CCOC(=O)C(C)(CCCN1CCC(OC)C1)NC. The van der Waals surface area contributed by atoms with Crippen LogP contribution in [-0.2, 0) is 14.3 Å². The van der Waals surface area contributed by atoms with E-state index in [9.17, 15) is 4.79 Å². The van der Waals surface area contributed by atoms with E-state index in [4.69, 9.17) is 9.47 Å². The minimum absolute atomic E-state index is 0.159. The number of nitrogens with zero attached hydrogens (tertiary/aromatic N) is 1. The minimum atomic E-state index is -0.573. The van der Waals surface area contributed by atoms with Crippen molar-refractivity contribution in [2.24, 2.45) is 0 Å². The van der Waals surface area contributed by atoms with Crippen molar-refractivity contribution in [3.63, 3.8) is 0 Å². The molecule has 112 valence electrons. The smallest absolute Gasteiger partial charge is 0.326 e. The molecule has 0 spiro atoms. The number of carbonyl (C=O) groups is 1. The number of ether oxygens (including phenoxy) is 2. The van der Waals surface area contributed by atoms with E-state index in [1.54, 1.807) is 7.11 Å². The second kappa shape index (κ2) is 7.82. The van der Waals surface area contributed by atoms with Crippen LogP contribution in [-0.4, -0.2) is 62.9 Å². The average molecular weight is 272 g/mol. The molecule has 2 unspecified atom stereocenters. The van der Waals surface area contributed by atoms with Crippen LogP contribution in [0.3, 0.4) is 0 Å². The molecule has 1 N–H and O–H groups in total. The van der Waals surface area contributed by atoms with E-state index in [1.165, 1.54) is 0 Å². The molecule has 0 amide bonds. The van der Waals surface area contributed by atoms with Crippen LogP contribution in [0.5, 0.6) is 0 Å². The summed E-state index contributed by atoms with van der Waals surface area (Å²) in [5.74, 6) is -0.159. The van der Waals surface area contributed by atoms with Gasteiger partial charge in [-0.2, -0.15) is 0 Å². The number of likely N-dealkylation sites (N-methyl/N-ethyl adjacent to an activating group) is 1. The highest BCUT2D eigenvalue weighted by molar-refractivity contribution is 5.80. The number of likely N-dealkylation sites (tertiary alicyclic amines) is 1. The highest BCUT2D eigenvalue weighted by Crippen LogP contribution is 2.17. The van der Waals surface area contributed by atoms with Crippen molar-refractivity contribution in [1.29, 1.82) is 0 Å². The number of hydrogen-bond donors (Lipinski definition) is 1. The van der Waals surface area contributed by atoms with Crippen molar-refractivity contribution in [2.75, 3.05) is 40.4 Å². The molecule has 0 radical (unpaired) electrons. The zero-order valence-corrected chi connectivity index (χ0v) is 12.7. The summed E-state index contributed by atoms with van der Waals surface area (Å²) in [6, 6.07) is 0. The Bertz CT molecular complexity index is 286. The van der Waals surface area contributed by atoms with Crippen LogP contribution < -0.4 is 5.32 Å². The molecule has 1 aliphatic rings. The lowest BCUT2D eigenvalue weighted by molar-refractivity contribution is -0.150. The largest absolute Gasteiger partial charge is 0.465 e. The third-order valence-electron chi connectivity index (χ3n) is 3.99. The van der Waals surface area contributed by atoms with Gasteiger partial charge in [-0.1, -0.05) is 0 Å². The molecule has 0 aromatic carbocycles. The molecule has 0 aromatic rings. The van der Waals surface area contributed by atoms with Gasteiger partial charge in [0.15, 0.2) is 0 Å². The molecular formula is C14H28N2O3. The first kappa shape index (κ1) is 16.4. The molecule has 0 bridgehead atoms. The highest BCUT2D eigenvalue weighted by Gasteiger charge is 2.32. The fraction of sp³-hybridized carbons (Fsp3) is 0.929. The fourth-order valence-corrected chi connectivity index (χ4v) is 2.47. The molecule has 0 aromatic heterocycles. The predicted octanol–water partition coefficient (Wildman–Crippen LogP) is 1.03. The quantitative estimate of drug-likeness (QED) is 0.669. The Kier molecular flexibility index (Phi) is 6.75. The monoisotopic (exact) mass is 272 g/mol. The molecule has 1 aliphatic heterocycles. The van der Waals surface area contributed by atoms with E-state index in [0.717, 1.165) is 38.9 Å². The Morgan fingerprint density at radius 3 is 2.79 bits per heavy atom. The van der Waals surface area contributed by atoms with Crippen molar-refractivity contribution in [1.82, 2.24) is 10.2 Å². The molecule has 0 aliphatic carbocycles. The third-order valence-corrected chi connectivity index (χ3v) is 3.99. The van der Waals surface area contributed by atoms with E-state index >= 15 is 0 Å². The number of rotatable bonds is 8. The van der Waals surface area contributed by atoms with Gasteiger partial charge in [0.25, 0.3) is 0 Å². The summed E-state index contributed by atoms with van der Waals surface area (Å²) in [4.78, 5) is 14.3. The fourth-order valence-electron chi connectivity index (χ4n) is 2.47. The Hall–Kier alpha value is -0.650. The van der Waals surface area contributed by atoms with Crippen molar-refractivity contribution < 1.29 is 14.3 Å². The Morgan fingerprint density at radius 1 is 1.53 bits per heavy atom. The van der Waals surface area contributed by atoms with Gasteiger partial charge in [-0.25, -0.2) is 0 Å². The van der Waals surface area contributed by atoms with Gasteiger partial charge >= 0.3 is 5.97 Å². The van der Waals surface area contributed by atoms with Crippen molar-refractivity contribution in [2.45, 2.75) is 44.8 Å². The van der Waals surface area contributed by atoms with Gasteiger partial charge in [-0.3, -0.25) is 4.79 Å². The molecule has 5 nitrogen and oxygen atoms in total. The number of carbonyl (C=O) groups excluding carboxylic acids is 1. The maximum Gasteiger partial charge on any atom is 0.326 e. The van der Waals surface area contributed by atoms with Crippen LogP contribution >= 0.6 is 0 Å². The van der Waals surface area contributed by atoms with Crippen LogP contribution in [0.1, 0.15) is 33.1 Å². The minimum Gasteiger partial charge on any atom is -0.465 e. The van der Waals surface area contributed by atoms with E-state index in [1.807, 2.05) is 20.9 Å². The van der Waals surface area contributed by atoms with Crippen LogP contribution in [0.2, 0.25) is 0 Å². The zero-order valence-electron chi connectivity index (χ0n) is 12.7. The van der Waals surface area contributed by atoms with Gasteiger partial charge in [-0.05, 0) is 46.7 Å². The maximum atomic E-state index is 11.9. The van der Waals surface area contributed by atoms with Gasteiger partial charge in [-0.15, -0.1) is 0 Å². The van der Waals surface area contributed by atoms with Crippen molar-refractivity contribution in [3.8, 4) is 0 Å². The van der Waals surface area contributed by atoms with Crippen molar-refractivity contribution in [3.05, 3.63) is 0 Å². The van der Waals surface area contributed by atoms with E-state index in [2.05, 4.69) is 10.2 Å². The number of esters is 1. The molecule has 1 rings (SSSR count). The van der Waals surface area contributed by atoms with Crippen LogP contribution in [0, 0.1) is 0 Å². The lowest BCUT2D eigenvalue weighted by Gasteiger charge is -2.27. The second-order valence-corrected chi connectivity index (χ2v) is 5.35. The third kappa shape index (κ3) is 4.75. The summed E-state index contributed by atoms with van der Waals surface area (Å²) in [5.41, 5.74) is -0.573. The van der Waals surface area contributed by atoms with E-state index in [0.29, 0.717) is 12.7 Å². The second-order valence-electron chi connectivity index (χ2n) is 5.35.